The summed E-state index contributed by atoms with van der Waals surface area (Å²) in [4.78, 5) is 13.4. The van der Waals surface area contributed by atoms with Crippen LogP contribution in [-0.2, 0) is 16.6 Å². The number of hydrogen-bond acceptors (Lipinski definition) is 2. The molecule has 1 aromatic carbocycles. The summed E-state index contributed by atoms with van der Waals surface area (Å²) in [5, 5.41) is 9.72. The van der Waals surface area contributed by atoms with E-state index in [0.717, 1.165) is 17.7 Å². The summed E-state index contributed by atoms with van der Waals surface area (Å²) in [7, 11) is 1.82. The van der Waals surface area contributed by atoms with Crippen molar-refractivity contribution in [1.82, 2.24) is 0 Å². The second kappa shape index (κ2) is 3.35. The van der Waals surface area contributed by atoms with Crippen molar-refractivity contribution in [3.8, 4) is 0 Å². The van der Waals surface area contributed by atoms with Crippen LogP contribution in [0.5, 0.6) is 0 Å². The van der Waals surface area contributed by atoms with Crippen molar-refractivity contribution >= 4 is 11.6 Å². The highest BCUT2D eigenvalue weighted by molar-refractivity contribution is 6.01. The summed E-state index contributed by atoms with van der Waals surface area (Å²) < 4.78 is 0. The van der Waals surface area contributed by atoms with E-state index >= 15 is 0 Å². The van der Waals surface area contributed by atoms with Gasteiger partial charge >= 0.3 is 0 Å². The first-order valence-corrected chi connectivity index (χ1v) is 6.42. The highest BCUT2D eigenvalue weighted by Crippen LogP contribution is 2.64. The van der Waals surface area contributed by atoms with E-state index in [-0.39, 0.29) is 23.3 Å². The van der Waals surface area contributed by atoms with Crippen LogP contribution in [0.1, 0.15) is 31.4 Å². The third kappa shape index (κ3) is 1.31. The molecule has 1 amide bonds. The van der Waals surface area contributed by atoms with Crippen LogP contribution in [0.2, 0.25) is 0 Å². The Balaban J connectivity index is 2.03. The molecule has 1 fully saturated rings. The highest BCUT2D eigenvalue weighted by Gasteiger charge is 2.61. The molecule has 3 heteroatoms. The maximum atomic E-state index is 11.7. The second-order valence-electron chi connectivity index (χ2n) is 6.27. The molecule has 1 aliphatic carbocycles. The molecule has 1 aliphatic heterocycles. The Kier molecular flexibility index (Phi) is 2.18. The first kappa shape index (κ1) is 11.7. The lowest BCUT2D eigenvalue weighted by Gasteiger charge is -2.19. The molecule has 1 N–H and O–H groups in total. The van der Waals surface area contributed by atoms with Gasteiger partial charge in [-0.25, -0.2) is 0 Å². The summed E-state index contributed by atoms with van der Waals surface area (Å²) in [5.41, 5.74) is 3.33. The molecule has 3 rings (SSSR count). The first-order valence-electron chi connectivity index (χ1n) is 6.42. The van der Waals surface area contributed by atoms with Gasteiger partial charge < -0.3 is 10.0 Å². The fourth-order valence-corrected chi connectivity index (χ4v) is 3.33. The van der Waals surface area contributed by atoms with E-state index in [2.05, 4.69) is 26.0 Å². The Morgan fingerprint density at radius 1 is 1.39 bits per heavy atom. The van der Waals surface area contributed by atoms with Crippen LogP contribution >= 0.6 is 0 Å². The molecule has 0 aromatic heterocycles. The van der Waals surface area contributed by atoms with Crippen LogP contribution < -0.4 is 4.90 Å². The van der Waals surface area contributed by atoms with Crippen LogP contribution in [-0.4, -0.2) is 24.7 Å². The highest BCUT2D eigenvalue weighted by atomic mass is 16.3. The van der Waals surface area contributed by atoms with Crippen molar-refractivity contribution in [2.45, 2.75) is 32.1 Å². The number of amides is 1. The van der Waals surface area contributed by atoms with Crippen molar-refractivity contribution in [3.05, 3.63) is 29.3 Å². The largest absolute Gasteiger partial charge is 0.395 e. The second-order valence-corrected chi connectivity index (χ2v) is 6.27. The molecule has 3 nitrogen and oxygen atoms in total. The summed E-state index contributed by atoms with van der Waals surface area (Å²) in [6.07, 6.45) is 1.50. The Morgan fingerprint density at radius 3 is 2.61 bits per heavy atom. The van der Waals surface area contributed by atoms with Crippen molar-refractivity contribution in [3.63, 3.8) is 0 Å². The zero-order chi connectivity index (χ0) is 13.1. The number of anilines is 1. The normalized spacial score (nSPS) is 28.4. The van der Waals surface area contributed by atoms with Gasteiger partial charge in [0.2, 0.25) is 5.91 Å². The number of carbonyl (C=O) groups is 1. The van der Waals surface area contributed by atoms with Gasteiger partial charge in [-0.2, -0.15) is 0 Å². The zero-order valence-electron chi connectivity index (χ0n) is 11.2. The Hall–Kier alpha value is -1.35. The van der Waals surface area contributed by atoms with E-state index < -0.39 is 0 Å². The number of nitrogens with zero attached hydrogens (tertiary/aromatic N) is 1. The topological polar surface area (TPSA) is 40.5 Å². The predicted octanol–water partition coefficient (Wildman–Crippen LogP) is 1.87. The third-order valence-corrected chi connectivity index (χ3v) is 4.89. The zero-order valence-corrected chi connectivity index (χ0v) is 11.2. The smallest absolute Gasteiger partial charge is 0.231 e. The standard InChI is InChI=1S/C15H19NO2/c1-14(2)8-15(14,9-17)11-4-5-12-10(6-11)7-13(18)16(12)3/h4-6,17H,7-9H2,1-3H3. The lowest BCUT2D eigenvalue weighted by atomic mass is 9.87. The Labute approximate surface area is 107 Å². The molecular weight excluding hydrogens is 226 g/mol. The minimum Gasteiger partial charge on any atom is -0.395 e. The average Bonchev–Trinajstić information content (AvgIpc) is 2.80. The number of fused-ring (bicyclic) bond motifs is 1. The molecule has 96 valence electrons. The van der Waals surface area contributed by atoms with E-state index in [1.165, 1.54) is 5.56 Å². The molecule has 0 spiro atoms. The van der Waals surface area contributed by atoms with Crippen molar-refractivity contribution in [2.24, 2.45) is 5.41 Å². The van der Waals surface area contributed by atoms with Crippen LogP contribution in [0.3, 0.4) is 0 Å². The molecule has 1 atom stereocenters. The number of aliphatic hydroxyl groups is 1. The van der Waals surface area contributed by atoms with E-state index in [1.54, 1.807) is 4.90 Å². The van der Waals surface area contributed by atoms with Gasteiger partial charge in [0.05, 0.1) is 13.0 Å². The van der Waals surface area contributed by atoms with Gasteiger partial charge in [0, 0.05) is 18.2 Å². The van der Waals surface area contributed by atoms with Crippen LogP contribution in [0.25, 0.3) is 0 Å². The molecule has 2 aliphatic rings. The molecule has 1 unspecified atom stereocenters. The molecular formula is C15H19NO2. The third-order valence-electron chi connectivity index (χ3n) is 4.89. The Bertz CT molecular complexity index is 535. The van der Waals surface area contributed by atoms with Gasteiger partial charge in [-0.1, -0.05) is 26.0 Å². The fourth-order valence-electron chi connectivity index (χ4n) is 3.33. The van der Waals surface area contributed by atoms with E-state index in [9.17, 15) is 9.90 Å². The molecule has 18 heavy (non-hydrogen) atoms. The van der Waals surface area contributed by atoms with Gasteiger partial charge in [0.1, 0.15) is 0 Å². The summed E-state index contributed by atoms with van der Waals surface area (Å²) in [6, 6.07) is 6.20. The SMILES string of the molecule is CN1C(=O)Cc2cc(C3(CO)CC3(C)C)ccc21. The van der Waals surface area contributed by atoms with Crippen LogP contribution in [0, 0.1) is 5.41 Å². The minimum absolute atomic E-state index is 0.105. The summed E-state index contributed by atoms with van der Waals surface area (Å²) >= 11 is 0. The summed E-state index contributed by atoms with van der Waals surface area (Å²) in [5.74, 6) is 0.148. The van der Waals surface area contributed by atoms with Gasteiger partial charge in [-0.05, 0) is 29.0 Å². The number of carbonyl (C=O) groups excluding carboxylic acids is 1. The molecule has 1 saturated carbocycles. The lowest BCUT2D eigenvalue weighted by molar-refractivity contribution is -0.117. The number of hydrogen-bond donors (Lipinski definition) is 1. The van der Waals surface area contributed by atoms with Gasteiger partial charge in [0.25, 0.3) is 0 Å². The molecule has 1 aromatic rings. The number of benzene rings is 1. The molecule has 0 bridgehead atoms. The monoisotopic (exact) mass is 245 g/mol. The predicted molar refractivity (Wildman–Crippen MR) is 70.7 cm³/mol. The van der Waals surface area contributed by atoms with E-state index in [0.29, 0.717) is 6.42 Å². The van der Waals surface area contributed by atoms with Crippen molar-refractivity contribution in [1.29, 1.82) is 0 Å². The van der Waals surface area contributed by atoms with Gasteiger partial charge in [-0.3, -0.25) is 4.79 Å². The van der Waals surface area contributed by atoms with Crippen LogP contribution in [0.4, 0.5) is 5.69 Å². The van der Waals surface area contributed by atoms with Crippen molar-refractivity contribution < 1.29 is 9.90 Å². The average molecular weight is 245 g/mol. The number of rotatable bonds is 2. The number of aliphatic hydroxyl groups excluding tert-OH is 1. The molecule has 1 heterocycles. The quantitative estimate of drug-likeness (QED) is 0.864. The summed E-state index contributed by atoms with van der Waals surface area (Å²) in [6.45, 7) is 4.56. The van der Waals surface area contributed by atoms with E-state index in [1.807, 2.05) is 13.1 Å². The maximum Gasteiger partial charge on any atom is 0.231 e. The minimum atomic E-state index is -0.105. The van der Waals surface area contributed by atoms with Gasteiger partial charge in [-0.15, -0.1) is 0 Å². The first-order chi connectivity index (χ1) is 8.41. The number of likely N-dealkylation sites (N-methyl/N-ethyl adjacent to an activating group) is 1. The Morgan fingerprint density at radius 2 is 2.06 bits per heavy atom. The molecule has 0 saturated heterocycles. The maximum absolute atomic E-state index is 11.7. The fraction of sp³-hybridized carbons (Fsp3) is 0.533. The van der Waals surface area contributed by atoms with E-state index in [4.69, 9.17) is 0 Å². The van der Waals surface area contributed by atoms with Gasteiger partial charge in [0.15, 0.2) is 0 Å². The van der Waals surface area contributed by atoms with Crippen molar-refractivity contribution in [2.75, 3.05) is 18.6 Å². The lowest BCUT2D eigenvalue weighted by Crippen LogP contribution is -2.20. The van der Waals surface area contributed by atoms with Crippen LogP contribution in [0.15, 0.2) is 18.2 Å². The molecule has 0 radical (unpaired) electrons.